The Morgan fingerprint density at radius 3 is 2.44 bits per heavy atom. The summed E-state index contributed by atoms with van der Waals surface area (Å²) in [6, 6.07) is 8.45. The first-order chi connectivity index (χ1) is 8.56. The Balaban J connectivity index is 2.39. The highest BCUT2D eigenvalue weighted by atomic mass is 32.2. The smallest absolute Gasteiger partial charge is 0.240 e. The molecule has 0 radical (unpaired) electrons. The second-order valence-corrected chi connectivity index (χ2v) is 6.13. The summed E-state index contributed by atoms with van der Waals surface area (Å²) in [4.78, 5) is 2.46. The third kappa shape index (κ3) is 5.16. The van der Waals surface area contributed by atoms with Crippen molar-refractivity contribution >= 4 is 10.0 Å². The fraction of sp³-hybridized carbons (Fsp3) is 0.538. The van der Waals surface area contributed by atoms with Crippen molar-refractivity contribution < 1.29 is 8.42 Å². The van der Waals surface area contributed by atoms with E-state index in [1.807, 2.05) is 7.05 Å². The minimum absolute atomic E-state index is 0.321. The lowest BCUT2D eigenvalue weighted by Gasteiger charge is -2.16. The number of hydrogen-bond acceptors (Lipinski definition) is 3. The van der Waals surface area contributed by atoms with Crippen LogP contribution in [0.25, 0.3) is 0 Å². The van der Waals surface area contributed by atoms with Crippen molar-refractivity contribution in [1.82, 2.24) is 9.62 Å². The van der Waals surface area contributed by atoms with Gasteiger partial charge >= 0.3 is 0 Å². The molecule has 0 unspecified atom stereocenters. The van der Waals surface area contributed by atoms with Crippen molar-refractivity contribution in [1.29, 1.82) is 0 Å². The fourth-order valence-corrected chi connectivity index (χ4v) is 2.64. The molecule has 0 aliphatic rings. The first kappa shape index (κ1) is 15.1. The minimum atomic E-state index is -3.35. The molecule has 0 aromatic heterocycles. The van der Waals surface area contributed by atoms with Crippen molar-refractivity contribution in [3.8, 4) is 0 Å². The highest BCUT2D eigenvalue weighted by Crippen LogP contribution is 2.06. The lowest BCUT2D eigenvalue weighted by atomic mass is 10.3. The maximum Gasteiger partial charge on any atom is 0.240 e. The number of likely N-dealkylation sites (N-methyl/N-ethyl adjacent to an activating group) is 1. The van der Waals surface area contributed by atoms with Gasteiger partial charge in [0.25, 0.3) is 0 Å². The van der Waals surface area contributed by atoms with Gasteiger partial charge in [-0.2, -0.15) is 0 Å². The first-order valence-electron chi connectivity index (χ1n) is 6.29. The van der Waals surface area contributed by atoms with E-state index in [2.05, 4.69) is 16.5 Å². The second-order valence-electron chi connectivity index (χ2n) is 4.37. The molecule has 18 heavy (non-hydrogen) atoms. The van der Waals surface area contributed by atoms with E-state index in [0.717, 1.165) is 25.9 Å². The molecule has 102 valence electrons. The Labute approximate surface area is 110 Å². The van der Waals surface area contributed by atoms with Gasteiger partial charge < -0.3 is 4.90 Å². The molecule has 0 fully saturated rings. The van der Waals surface area contributed by atoms with Gasteiger partial charge in [0.05, 0.1) is 4.90 Å². The van der Waals surface area contributed by atoms with Gasteiger partial charge in [0.2, 0.25) is 10.0 Å². The zero-order valence-electron chi connectivity index (χ0n) is 11.1. The monoisotopic (exact) mass is 270 g/mol. The number of rotatable bonds is 8. The third-order valence-electron chi connectivity index (χ3n) is 2.73. The average molecular weight is 270 g/mol. The van der Waals surface area contributed by atoms with Crippen LogP contribution in [0.4, 0.5) is 0 Å². The zero-order valence-corrected chi connectivity index (χ0v) is 11.9. The zero-order chi connectivity index (χ0) is 13.4. The van der Waals surface area contributed by atoms with Crippen LogP contribution in [-0.2, 0) is 10.0 Å². The molecule has 0 heterocycles. The van der Waals surface area contributed by atoms with E-state index < -0.39 is 10.0 Å². The molecule has 0 bridgehead atoms. The lowest BCUT2D eigenvalue weighted by Crippen LogP contribution is -2.33. The van der Waals surface area contributed by atoms with E-state index in [-0.39, 0.29) is 0 Å². The Kier molecular flexibility index (Phi) is 6.32. The van der Waals surface area contributed by atoms with Crippen LogP contribution in [0.1, 0.15) is 19.8 Å². The maximum atomic E-state index is 11.9. The van der Waals surface area contributed by atoms with Crippen molar-refractivity contribution in [2.45, 2.75) is 24.7 Å². The molecule has 0 amide bonds. The van der Waals surface area contributed by atoms with Gasteiger partial charge in [-0.15, -0.1) is 0 Å². The SMILES string of the molecule is CCCCN(C)CCNS(=O)(=O)c1ccccc1. The lowest BCUT2D eigenvalue weighted by molar-refractivity contribution is 0.333. The first-order valence-corrected chi connectivity index (χ1v) is 7.78. The average Bonchev–Trinajstić information content (AvgIpc) is 2.37. The normalized spacial score (nSPS) is 11.9. The molecule has 0 spiro atoms. The van der Waals surface area contributed by atoms with Gasteiger partial charge in [0.1, 0.15) is 0 Å². The molecule has 0 atom stereocenters. The molecular weight excluding hydrogens is 248 g/mol. The molecule has 0 saturated carbocycles. The number of nitrogens with zero attached hydrogens (tertiary/aromatic N) is 1. The quantitative estimate of drug-likeness (QED) is 0.782. The Morgan fingerprint density at radius 1 is 1.17 bits per heavy atom. The summed E-state index contributed by atoms with van der Waals surface area (Å²) >= 11 is 0. The maximum absolute atomic E-state index is 11.9. The van der Waals surface area contributed by atoms with Gasteiger partial charge in [0, 0.05) is 13.1 Å². The molecule has 4 nitrogen and oxygen atoms in total. The Hall–Kier alpha value is -0.910. The van der Waals surface area contributed by atoms with E-state index in [1.54, 1.807) is 30.3 Å². The minimum Gasteiger partial charge on any atom is -0.305 e. The summed E-state index contributed by atoms with van der Waals surface area (Å²) in [5.41, 5.74) is 0. The van der Waals surface area contributed by atoms with Crippen molar-refractivity contribution in [3.05, 3.63) is 30.3 Å². The van der Waals surface area contributed by atoms with Gasteiger partial charge in [-0.05, 0) is 32.1 Å². The highest BCUT2D eigenvalue weighted by molar-refractivity contribution is 7.89. The summed E-state index contributed by atoms with van der Waals surface area (Å²) in [5.74, 6) is 0. The third-order valence-corrected chi connectivity index (χ3v) is 4.21. The topological polar surface area (TPSA) is 49.4 Å². The van der Waals surface area contributed by atoms with Crippen molar-refractivity contribution in [2.75, 3.05) is 26.7 Å². The summed E-state index contributed by atoms with van der Waals surface area (Å²) in [6.07, 6.45) is 2.29. The van der Waals surface area contributed by atoms with Gasteiger partial charge in [-0.25, -0.2) is 13.1 Å². The number of sulfonamides is 1. The van der Waals surface area contributed by atoms with Crippen LogP contribution in [-0.4, -0.2) is 40.0 Å². The second kappa shape index (κ2) is 7.51. The summed E-state index contributed by atoms with van der Waals surface area (Å²) in [7, 11) is -1.35. The fourth-order valence-electron chi connectivity index (χ4n) is 1.59. The van der Waals surface area contributed by atoms with Crippen LogP contribution in [0.15, 0.2) is 35.2 Å². The number of nitrogens with one attached hydrogen (secondary N) is 1. The summed E-state index contributed by atoms with van der Waals surface area (Å²) in [6.45, 7) is 4.32. The molecule has 1 aromatic rings. The van der Waals surface area contributed by atoms with Gasteiger partial charge in [-0.3, -0.25) is 0 Å². The van der Waals surface area contributed by atoms with Crippen LogP contribution in [0, 0.1) is 0 Å². The van der Waals surface area contributed by atoms with E-state index in [0.29, 0.717) is 11.4 Å². The molecule has 0 saturated heterocycles. The van der Waals surface area contributed by atoms with Gasteiger partial charge in [0.15, 0.2) is 0 Å². The van der Waals surface area contributed by atoms with Crippen molar-refractivity contribution in [2.24, 2.45) is 0 Å². The van der Waals surface area contributed by atoms with Crippen LogP contribution >= 0.6 is 0 Å². The Bertz CT molecular complexity index is 432. The predicted octanol–water partition coefficient (Wildman–Crippen LogP) is 1.70. The molecular formula is C13H22N2O2S. The van der Waals surface area contributed by atoms with Crippen LogP contribution in [0.3, 0.4) is 0 Å². The van der Waals surface area contributed by atoms with Crippen molar-refractivity contribution in [3.63, 3.8) is 0 Å². The molecule has 5 heteroatoms. The molecule has 1 aromatic carbocycles. The number of unbranched alkanes of at least 4 members (excludes halogenated alkanes) is 1. The summed E-state index contributed by atoms with van der Waals surface area (Å²) < 4.78 is 26.4. The molecule has 0 aliphatic heterocycles. The van der Waals surface area contributed by atoms with E-state index in [4.69, 9.17) is 0 Å². The van der Waals surface area contributed by atoms with Crippen LogP contribution < -0.4 is 4.72 Å². The largest absolute Gasteiger partial charge is 0.305 e. The molecule has 1 rings (SSSR count). The number of hydrogen-bond donors (Lipinski definition) is 1. The molecule has 1 N–H and O–H groups in total. The standard InChI is InChI=1S/C13H22N2O2S/c1-3-4-11-15(2)12-10-14-18(16,17)13-8-6-5-7-9-13/h5-9,14H,3-4,10-12H2,1-2H3. The Morgan fingerprint density at radius 2 is 1.83 bits per heavy atom. The van der Waals surface area contributed by atoms with E-state index in [9.17, 15) is 8.42 Å². The predicted molar refractivity (Wildman–Crippen MR) is 74.0 cm³/mol. The number of benzene rings is 1. The highest BCUT2D eigenvalue weighted by Gasteiger charge is 2.12. The van der Waals surface area contributed by atoms with E-state index in [1.165, 1.54) is 0 Å². The van der Waals surface area contributed by atoms with Crippen LogP contribution in [0.2, 0.25) is 0 Å². The molecule has 0 aliphatic carbocycles. The van der Waals surface area contributed by atoms with Crippen LogP contribution in [0.5, 0.6) is 0 Å². The summed E-state index contributed by atoms with van der Waals surface area (Å²) in [5, 5.41) is 0. The van der Waals surface area contributed by atoms with E-state index >= 15 is 0 Å². The van der Waals surface area contributed by atoms with Gasteiger partial charge in [-0.1, -0.05) is 31.5 Å².